The zero-order valence-electron chi connectivity index (χ0n) is 6.11. The maximum Gasteiger partial charge on any atom is 0.555 e. The molecule has 68 valence electrons. The number of carbonyl (C=O) groups is 1. The first-order valence-electron chi connectivity index (χ1n) is 3.06. The lowest BCUT2D eigenvalue weighted by molar-refractivity contribution is -0.749. The summed E-state index contributed by atoms with van der Waals surface area (Å²) in [5.41, 5.74) is -2.94. The summed E-state index contributed by atoms with van der Waals surface area (Å²) in [5, 5.41) is 20.7. The molecule has 0 atom stereocenters. The third-order valence-corrected chi connectivity index (χ3v) is 1.49. The van der Waals surface area contributed by atoms with Crippen molar-refractivity contribution in [2.24, 2.45) is 4.99 Å². The van der Waals surface area contributed by atoms with Crippen LogP contribution in [-0.4, -0.2) is 27.5 Å². The van der Waals surface area contributed by atoms with Gasteiger partial charge in [-0.2, -0.15) is 0 Å². The number of carbonyl (C=O) groups excluding carboxylic acids is 1. The Morgan fingerprint density at radius 1 is 1.31 bits per heavy atom. The van der Waals surface area contributed by atoms with Gasteiger partial charge in [0, 0.05) is 12.3 Å². The molecule has 0 aromatic carbocycles. The van der Waals surface area contributed by atoms with E-state index in [1.54, 1.807) is 0 Å². The molecule has 1 aliphatic rings. The second-order valence-electron chi connectivity index (χ2n) is 2.20. The normalized spacial score (nSPS) is 18.6. The third-order valence-electron chi connectivity index (χ3n) is 1.49. The van der Waals surface area contributed by atoms with Crippen molar-refractivity contribution >= 4 is 12.0 Å². The first-order valence-corrected chi connectivity index (χ1v) is 3.06. The molecule has 1 aliphatic heterocycles. The van der Waals surface area contributed by atoms with Gasteiger partial charge in [-0.25, -0.2) is 0 Å². The van der Waals surface area contributed by atoms with Gasteiger partial charge in [0.05, 0.1) is 0 Å². The summed E-state index contributed by atoms with van der Waals surface area (Å²) in [6.07, 6.45) is 2.08. The maximum atomic E-state index is 10.9. The standard InChI is InChI=1S/C5H3N3O5/c9-4-1-2-6-3-5(4,7(10)11)8(12)13/h1-3H. The number of nitro groups is 2. The van der Waals surface area contributed by atoms with Crippen LogP contribution >= 0.6 is 0 Å². The van der Waals surface area contributed by atoms with E-state index >= 15 is 0 Å². The quantitative estimate of drug-likeness (QED) is 0.323. The highest BCUT2D eigenvalue weighted by Gasteiger charge is 2.62. The Kier molecular flexibility index (Phi) is 1.89. The highest BCUT2D eigenvalue weighted by atomic mass is 16.7. The van der Waals surface area contributed by atoms with E-state index in [0.717, 1.165) is 6.20 Å². The number of nitrogens with zero attached hydrogens (tertiary/aromatic N) is 3. The van der Waals surface area contributed by atoms with Gasteiger partial charge in [-0.15, -0.1) is 0 Å². The summed E-state index contributed by atoms with van der Waals surface area (Å²) in [6, 6.07) is 0. The lowest BCUT2D eigenvalue weighted by Crippen LogP contribution is -2.54. The molecule has 0 N–H and O–H groups in total. The minimum Gasteiger partial charge on any atom is -0.278 e. The largest absolute Gasteiger partial charge is 0.555 e. The topological polar surface area (TPSA) is 116 Å². The fourth-order valence-corrected chi connectivity index (χ4v) is 0.785. The van der Waals surface area contributed by atoms with Crippen molar-refractivity contribution < 1.29 is 14.6 Å². The zero-order chi connectivity index (χ0) is 10.1. The average Bonchev–Trinajstić information content (AvgIpc) is 2.04. The Balaban J connectivity index is 3.27. The van der Waals surface area contributed by atoms with Gasteiger partial charge in [0.15, 0.2) is 6.21 Å². The Morgan fingerprint density at radius 3 is 2.15 bits per heavy atom. The Hall–Kier alpha value is -2.12. The SMILES string of the molecule is O=C1C=CN=CC1([N+](=O)[O-])[N+](=O)[O-]. The van der Waals surface area contributed by atoms with Crippen molar-refractivity contribution in [2.75, 3.05) is 0 Å². The van der Waals surface area contributed by atoms with Gasteiger partial charge in [0.25, 0.3) is 0 Å². The number of rotatable bonds is 2. The van der Waals surface area contributed by atoms with Crippen molar-refractivity contribution in [3.8, 4) is 0 Å². The number of hydrogen-bond donors (Lipinski definition) is 0. The van der Waals surface area contributed by atoms with E-state index < -0.39 is 21.3 Å². The first kappa shape index (κ1) is 8.97. The summed E-state index contributed by atoms with van der Waals surface area (Å²) in [6.45, 7) is 0. The van der Waals surface area contributed by atoms with E-state index in [-0.39, 0.29) is 0 Å². The number of hydrogen-bond acceptors (Lipinski definition) is 6. The fourth-order valence-electron chi connectivity index (χ4n) is 0.785. The Morgan fingerprint density at radius 2 is 1.85 bits per heavy atom. The molecule has 0 fully saturated rings. The van der Waals surface area contributed by atoms with Crippen molar-refractivity contribution in [1.82, 2.24) is 0 Å². The van der Waals surface area contributed by atoms with Crippen molar-refractivity contribution in [3.05, 3.63) is 32.5 Å². The molecular formula is C5H3N3O5. The van der Waals surface area contributed by atoms with E-state index in [1.165, 1.54) is 0 Å². The van der Waals surface area contributed by atoms with E-state index in [4.69, 9.17) is 0 Å². The number of ketones is 1. The average molecular weight is 185 g/mol. The van der Waals surface area contributed by atoms with Gasteiger partial charge in [-0.1, -0.05) is 0 Å². The zero-order valence-corrected chi connectivity index (χ0v) is 6.11. The van der Waals surface area contributed by atoms with Gasteiger partial charge in [0.2, 0.25) is 0 Å². The summed E-state index contributed by atoms with van der Waals surface area (Å²) >= 11 is 0. The predicted octanol–water partition coefficient (Wildman–Crippen LogP) is -0.597. The molecule has 0 bridgehead atoms. The molecule has 0 aromatic rings. The molecule has 0 saturated carbocycles. The van der Waals surface area contributed by atoms with E-state index in [9.17, 15) is 25.0 Å². The molecule has 8 nitrogen and oxygen atoms in total. The molecule has 1 heterocycles. The van der Waals surface area contributed by atoms with Gasteiger partial charge in [0.1, 0.15) is 9.85 Å². The predicted molar refractivity (Wildman–Crippen MR) is 39.4 cm³/mol. The van der Waals surface area contributed by atoms with Crippen LogP contribution in [0.5, 0.6) is 0 Å². The molecule has 0 unspecified atom stereocenters. The molecule has 0 aromatic heterocycles. The van der Waals surface area contributed by atoms with Crippen LogP contribution in [0, 0.1) is 20.2 Å². The molecular weight excluding hydrogens is 182 g/mol. The van der Waals surface area contributed by atoms with Crippen LogP contribution in [-0.2, 0) is 4.79 Å². The molecule has 0 saturated heterocycles. The van der Waals surface area contributed by atoms with E-state index in [2.05, 4.69) is 4.99 Å². The third kappa shape index (κ3) is 1.08. The van der Waals surface area contributed by atoms with Gasteiger partial charge >= 0.3 is 11.4 Å². The van der Waals surface area contributed by atoms with Crippen LogP contribution in [0.15, 0.2) is 17.3 Å². The Labute approximate surface area is 70.9 Å². The monoisotopic (exact) mass is 185 g/mol. The highest BCUT2D eigenvalue weighted by molar-refractivity contribution is 6.08. The van der Waals surface area contributed by atoms with Crippen LogP contribution in [0.2, 0.25) is 0 Å². The van der Waals surface area contributed by atoms with Crippen LogP contribution in [0.3, 0.4) is 0 Å². The van der Waals surface area contributed by atoms with Crippen LogP contribution < -0.4 is 0 Å². The van der Waals surface area contributed by atoms with Gasteiger partial charge in [-0.05, 0) is 0 Å². The van der Waals surface area contributed by atoms with Crippen LogP contribution in [0.25, 0.3) is 0 Å². The smallest absolute Gasteiger partial charge is 0.278 e. The summed E-state index contributed by atoms with van der Waals surface area (Å²) in [4.78, 5) is 32.3. The molecule has 0 radical (unpaired) electrons. The van der Waals surface area contributed by atoms with Crippen molar-refractivity contribution in [2.45, 2.75) is 5.66 Å². The minimum absolute atomic E-state index is 0.412. The molecule has 13 heavy (non-hydrogen) atoms. The first-order chi connectivity index (χ1) is 6.01. The fraction of sp³-hybridized carbons (Fsp3) is 0.200. The lowest BCUT2D eigenvalue weighted by Gasteiger charge is -2.10. The van der Waals surface area contributed by atoms with Gasteiger partial charge < -0.3 is 0 Å². The Bertz CT molecular complexity index is 330. The highest BCUT2D eigenvalue weighted by Crippen LogP contribution is 2.14. The maximum absolute atomic E-state index is 10.9. The second-order valence-corrected chi connectivity index (χ2v) is 2.20. The lowest BCUT2D eigenvalue weighted by atomic mass is 10.1. The molecule has 8 heteroatoms. The number of aliphatic imine (C=N–C) groups is 1. The van der Waals surface area contributed by atoms with E-state index in [0.29, 0.717) is 12.3 Å². The van der Waals surface area contributed by atoms with Gasteiger partial charge in [-0.3, -0.25) is 30.0 Å². The van der Waals surface area contributed by atoms with Crippen molar-refractivity contribution in [1.29, 1.82) is 0 Å². The minimum atomic E-state index is -2.94. The summed E-state index contributed by atoms with van der Waals surface area (Å²) in [5.74, 6) is -1.21. The van der Waals surface area contributed by atoms with Crippen molar-refractivity contribution in [3.63, 3.8) is 0 Å². The molecule has 0 amide bonds. The molecule has 0 aliphatic carbocycles. The molecule has 0 spiro atoms. The van der Waals surface area contributed by atoms with Crippen LogP contribution in [0.4, 0.5) is 0 Å². The van der Waals surface area contributed by atoms with E-state index in [1.807, 2.05) is 0 Å². The molecule has 1 rings (SSSR count). The second kappa shape index (κ2) is 2.73. The summed E-state index contributed by atoms with van der Waals surface area (Å²) < 4.78 is 0. The summed E-state index contributed by atoms with van der Waals surface area (Å²) in [7, 11) is 0. The van der Waals surface area contributed by atoms with Crippen LogP contribution in [0.1, 0.15) is 0 Å².